The minimum Gasteiger partial charge on any atom is -0.497 e. The first-order valence-corrected chi connectivity index (χ1v) is 16.6. The lowest BCUT2D eigenvalue weighted by atomic mass is 9.85. The van der Waals surface area contributed by atoms with E-state index >= 15 is 0 Å². The summed E-state index contributed by atoms with van der Waals surface area (Å²) >= 11 is 0. The fraction of sp³-hybridized carbons (Fsp3) is 0.156. The molecule has 0 aliphatic heterocycles. The van der Waals surface area contributed by atoms with Gasteiger partial charge in [0.1, 0.15) is 11.5 Å². The van der Waals surface area contributed by atoms with Crippen LogP contribution in [0.15, 0.2) is 139 Å². The Hall–Kier alpha value is -6.10. The predicted molar refractivity (Wildman–Crippen MR) is 202 cm³/mol. The van der Waals surface area contributed by atoms with Gasteiger partial charge in [-0.3, -0.25) is 0 Å². The number of methoxy groups -OCH3 is 2. The Morgan fingerprint density at radius 1 is 0.653 bits per heavy atom. The zero-order valence-corrected chi connectivity index (χ0v) is 28.3. The van der Waals surface area contributed by atoms with Gasteiger partial charge in [-0.25, -0.2) is 10.1 Å². The maximum Gasteiger partial charge on any atom is 0.269 e. The number of rotatable bonds is 13. The summed E-state index contributed by atoms with van der Waals surface area (Å²) in [7, 11) is 3.34. The van der Waals surface area contributed by atoms with Gasteiger partial charge in [0.05, 0.1) is 26.9 Å². The molecule has 0 radical (unpaired) electrons. The average Bonchev–Trinajstić information content (AvgIpc) is 3.17. The molecule has 5 aromatic carbocycles. The van der Waals surface area contributed by atoms with Gasteiger partial charge < -0.3 is 9.47 Å². The Labute approximate surface area is 290 Å². The van der Waals surface area contributed by atoms with Crippen molar-refractivity contribution in [3.05, 3.63) is 190 Å². The molecule has 0 aliphatic carbocycles. The molecule has 0 aliphatic rings. The molecule has 0 saturated carbocycles. The first kappa shape index (κ1) is 34.2. The van der Waals surface area contributed by atoms with Crippen LogP contribution in [0.5, 0.6) is 11.5 Å². The maximum absolute atomic E-state index is 9.90. The van der Waals surface area contributed by atoms with Crippen LogP contribution in [0.4, 0.5) is 0 Å². The standard InChI is InChI=1S/C45H40N2O2/c1-5-6-8-11-33-14-16-34(17-15-33)18-31-42(43(32-46)47-2)35-19-21-37(22-20-35)44(36-12-9-7-10-13-36)45(38-23-27-40(48-3)28-24-38)39-25-29-41(49-4)30-26-39/h7,9-10,12-31H,5-6,8,11H2,1,3-4H3/b31-18+,43-42-. The van der Waals surface area contributed by atoms with Gasteiger partial charge in [-0.2, -0.15) is 0 Å². The first-order valence-electron chi connectivity index (χ1n) is 16.6. The summed E-state index contributed by atoms with van der Waals surface area (Å²) < 4.78 is 10.9. The van der Waals surface area contributed by atoms with Crippen LogP contribution >= 0.6 is 0 Å². The van der Waals surface area contributed by atoms with Gasteiger partial charge in [0.2, 0.25) is 0 Å². The van der Waals surface area contributed by atoms with E-state index in [1.54, 1.807) is 14.2 Å². The fourth-order valence-corrected chi connectivity index (χ4v) is 5.86. The predicted octanol–water partition coefficient (Wildman–Crippen LogP) is 11.3. The Bertz CT molecular complexity index is 1940. The van der Waals surface area contributed by atoms with Crippen LogP contribution in [-0.4, -0.2) is 14.2 Å². The summed E-state index contributed by atoms with van der Waals surface area (Å²) in [4.78, 5) is 3.58. The number of hydrogen-bond donors (Lipinski definition) is 0. The van der Waals surface area contributed by atoms with Crippen LogP contribution < -0.4 is 9.47 Å². The Kier molecular flexibility index (Phi) is 12.0. The Balaban J connectivity index is 1.61. The van der Waals surface area contributed by atoms with Crippen molar-refractivity contribution < 1.29 is 9.47 Å². The lowest BCUT2D eigenvalue weighted by Gasteiger charge is -2.19. The van der Waals surface area contributed by atoms with Crippen molar-refractivity contribution in [2.75, 3.05) is 14.2 Å². The summed E-state index contributed by atoms with van der Waals surface area (Å²) in [6.45, 7) is 9.96. The van der Waals surface area contributed by atoms with E-state index < -0.39 is 0 Å². The number of ether oxygens (including phenoxy) is 2. The molecule has 0 bridgehead atoms. The van der Waals surface area contributed by atoms with Crippen molar-refractivity contribution in [1.82, 2.24) is 0 Å². The summed E-state index contributed by atoms with van der Waals surface area (Å²) in [5, 5.41) is 9.90. The van der Waals surface area contributed by atoms with E-state index in [0.717, 1.165) is 62.4 Å². The molecule has 5 rings (SSSR count). The molecule has 0 heterocycles. The fourth-order valence-electron chi connectivity index (χ4n) is 5.86. The van der Waals surface area contributed by atoms with Crippen LogP contribution in [0.2, 0.25) is 0 Å². The number of benzene rings is 5. The molecule has 242 valence electrons. The van der Waals surface area contributed by atoms with E-state index in [4.69, 9.17) is 16.0 Å². The highest BCUT2D eigenvalue weighted by molar-refractivity contribution is 6.04. The monoisotopic (exact) mass is 640 g/mol. The van der Waals surface area contributed by atoms with E-state index in [1.807, 2.05) is 66.7 Å². The summed E-state index contributed by atoms with van der Waals surface area (Å²) in [6.07, 6.45) is 8.55. The number of nitrogens with zero attached hydrogens (tertiary/aromatic N) is 2. The normalized spacial score (nSPS) is 11.3. The van der Waals surface area contributed by atoms with Gasteiger partial charge in [-0.05, 0) is 92.8 Å². The average molecular weight is 641 g/mol. The van der Waals surface area contributed by atoms with Gasteiger partial charge in [0, 0.05) is 0 Å². The summed E-state index contributed by atoms with van der Waals surface area (Å²) in [5.41, 5.74) is 10.0. The third-order valence-electron chi connectivity index (χ3n) is 8.52. The number of allylic oxidation sites excluding steroid dienone is 3. The highest BCUT2D eigenvalue weighted by Crippen LogP contribution is 2.38. The molecule has 0 fully saturated rings. The lowest BCUT2D eigenvalue weighted by molar-refractivity contribution is 0.414. The molecule has 0 saturated heterocycles. The minimum atomic E-state index is 0.0520. The summed E-state index contributed by atoms with van der Waals surface area (Å²) in [6, 6.07) is 45.3. The van der Waals surface area contributed by atoms with Crippen molar-refractivity contribution in [3.63, 3.8) is 0 Å². The number of nitriles is 1. The Morgan fingerprint density at radius 3 is 1.61 bits per heavy atom. The third-order valence-corrected chi connectivity index (χ3v) is 8.52. The molecule has 4 nitrogen and oxygen atoms in total. The van der Waals surface area contributed by atoms with Crippen molar-refractivity contribution >= 4 is 22.8 Å². The molecule has 0 amide bonds. The van der Waals surface area contributed by atoms with Crippen molar-refractivity contribution in [3.8, 4) is 17.6 Å². The molecule has 0 aromatic heterocycles. The zero-order valence-electron chi connectivity index (χ0n) is 28.3. The second-order valence-electron chi connectivity index (χ2n) is 11.7. The molecule has 0 unspecified atom stereocenters. The molecule has 0 atom stereocenters. The van der Waals surface area contributed by atoms with Crippen molar-refractivity contribution in [2.24, 2.45) is 0 Å². The number of aryl methyl sites for hydroxylation is 1. The van der Waals surface area contributed by atoms with E-state index in [-0.39, 0.29) is 5.70 Å². The maximum atomic E-state index is 9.90. The van der Waals surface area contributed by atoms with Gasteiger partial charge in [-0.15, -0.1) is 0 Å². The molecular weight excluding hydrogens is 601 g/mol. The lowest BCUT2D eigenvalue weighted by Crippen LogP contribution is -1.98. The second kappa shape index (κ2) is 17.2. The highest BCUT2D eigenvalue weighted by atomic mass is 16.5. The second-order valence-corrected chi connectivity index (χ2v) is 11.7. The van der Waals surface area contributed by atoms with E-state index in [9.17, 15) is 5.26 Å². The van der Waals surface area contributed by atoms with Gasteiger partial charge in [0.15, 0.2) is 0 Å². The van der Waals surface area contributed by atoms with Crippen molar-refractivity contribution in [1.29, 1.82) is 5.26 Å². The zero-order chi connectivity index (χ0) is 34.4. The van der Waals surface area contributed by atoms with E-state index in [0.29, 0.717) is 5.57 Å². The first-order chi connectivity index (χ1) is 24.1. The number of hydrogen-bond acceptors (Lipinski definition) is 3. The molecule has 5 aromatic rings. The quantitative estimate of drug-likeness (QED) is 0.0423. The van der Waals surface area contributed by atoms with Crippen LogP contribution in [0.25, 0.3) is 27.6 Å². The van der Waals surface area contributed by atoms with E-state index in [2.05, 4.69) is 90.6 Å². The van der Waals surface area contributed by atoms with Gasteiger partial charge in [-0.1, -0.05) is 135 Å². The molecule has 0 N–H and O–H groups in total. The number of unbranched alkanes of at least 4 members (excludes halogenated alkanes) is 2. The smallest absolute Gasteiger partial charge is 0.269 e. The SMILES string of the molecule is [C-]#[N+]/C(C#N)=C(/C=C/c1ccc(CCCCC)cc1)c1ccc(C(=C(c2ccc(OC)cc2)c2ccc(OC)cc2)c2ccccc2)cc1. The topological polar surface area (TPSA) is 46.6 Å². The van der Waals surface area contributed by atoms with Crippen LogP contribution in [-0.2, 0) is 6.42 Å². The molecular formula is C45H40N2O2. The minimum absolute atomic E-state index is 0.0520. The Morgan fingerprint density at radius 2 is 1.14 bits per heavy atom. The summed E-state index contributed by atoms with van der Waals surface area (Å²) in [5.74, 6) is 1.57. The highest BCUT2D eigenvalue weighted by Gasteiger charge is 2.17. The molecule has 0 spiro atoms. The molecule has 4 heteroatoms. The van der Waals surface area contributed by atoms with Gasteiger partial charge in [0.25, 0.3) is 5.70 Å². The van der Waals surface area contributed by atoms with Crippen LogP contribution in [0.1, 0.15) is 65.1 Å². The van der Waals surface area contributed by atoms with E-state index in [1.165, 1.54) is 24.8 Å². The molecule has 49 heavy (non-hydrogen) atoms. The van der Waals surface area contributed by atoms with Crippen LogP contribution in [0.3, 0.4) is 0 Å². The van der Waals surface area contributed by atoms with Gasteiger partial charge >= 0.3 is 0 Å². The largest absolute Gasteiger partial charge is 0.497 e. The van der Waals surface area contributed by atoms with Crippen molar-refractivity contribution in [2.45, 2.75) is 32.6 Å². The third kappa shape index (κ3) is 8.63. The van der Waals surface area contributed by atoms with Crippen LogP contribution in [0, 0.1) is 17.9 Å².